The van der Waals surface area contributed by atoms with Gasteiger partial charge < -0.3 is 0 Å². The van der Waals surface area contributed by atoms with Crippen LogP contribution in [-0.2, 0) is 14.8 Å². The monoisotopic (exact) mass is 284 g/mol. The van der Waals surface area contributed by atoms with Crippen molar-refractivity contribution in [2.45, 2.75) is 11.8 Å². The Morgan fingerprint density at radius 3 is 2.67 bits per heavy atom. The molecule has 2 rings (SSSR count). The van der Waals surface area contributed by atoms with Crippen LogP contribution in [0.4, 0.5) is 0 Å². The zero-order valence-corrected chi connectivity index (χ0v) is 10.9. The molecule has 18 heavy (non-hydrogen) atoms. The molecule has 0 spiro atoms. The van der Waals surface area contributed by atoms with E-state index in [0.717, 1.165) is 6.92 Å². The molecular formula is C11H9ClN2O3S. The maximum absolute atomic E-state index is 11.8. The number of nitrogens with zero attached hydrogens (tertiary/aromatic N) is 1. The molecule has 0 bridgehead atoms. The van der Waals surface area contributed by atoms with Gasteiger partial charge >= 0.3 is 0 Å². The summed E-state index contributed by atoms with van der Waals surface area (Å²) in [5, 5.41) is 0.964. The molecule has 0 radical (unpaired) electrons. The van der Waals surface area contributed by atoms with Crippen LogP contribution in [0.2, 0.25) is 5.15 Å². The van der Waals surface area contributed by atoms with Gasteiger partial charge in [0.25, 0.3) is 10.0 Å². The highest BCUT2D eigenvalue weighted by molar-refractivity contribution is 7.90. The third kappa shape index (κ3) is 2.60. The highest BCUT2D eigenvalue weighted by atomic mass is 35.5. The fourth-order valence-corrected chi connectivity index (χ4v) is 2.67. The highest BCUT2D eigenvalue weighted by Gasteiger charge is 2.15. The van der Waals surface area contributed by atoms with Gasteiger partial charge in [-0.25, -0.2) is 18.1 Å². The van der Waals surface area contributed by atoms with E-state index in [1.165, 1.54) is 18.2 Å². The lowest BCUT2D eigenvalue weighted by Gasteiger charge is -2.05. The number of rotatable bonds is 2. The molecule has 0 aliphatic rings. The van der Waals surface area contributed by atoms with Crippen LogP contribution in [0.1, 0.15) is 6.92 Å². The van der Waals surface area contributed by atoms with Crippen LogP contribution in [0, 0.1) is 0 Å². The van der Waals surface area contributed by atoms with Gasteiger partial charge in [-0.15, -0.1) is 0 Å². The summed E-state index contributed by atoms with van der Waals surface area (Å²) < 4.78 is 25.4. The number of fused-ring (bicyclic) bond motifs is 1. The van der Waals surface area contributed by atoms with Crippen LogP contribution in [0.25, 0.3) is 10.9 Å². The third-order valence-corrected chi connectivity index (χ3v) is 3.86. The molecular weight excluding hydrogens is 276 g/mol. The summed E-state index contributed by atoms with van der Waals surface area (Å²) >= 11 is 5.73. The van der Waals surface area contributed by atoms with Crippen molar-refractivity contribution in [1.82, 2.24) is 9.71 Å². The van der Waals surface area contributed by atoms with Crippen LogP contribution in [0.3, 0.4) is 0 Å². The molecule has 1 heterocycles. The van der Waals surface area contributed by atoms with E-state index in [0.29, 0.717) is 16.1 Å². The number of carbonyl (C=O) groups excluding carboxylic acids is 1. The molecule has 94 valence electrons. The Hall–Kier alpha value is -1.66. The maximum Gasteiger partial charge on any atom is 0.264 e. The molecule has 0 unspecified atom stereocenters. The number of hydrogen-bond donors (Lipinski definition) is 1. The van der Waals surface area contributed by atoms with Crippen molar-refractivity contribution in [3.63, 3.8) is 0 Å². The van der Waals surface area contributed by atoms with E-state index in [1.807, 2.05) is 4.72 Å². The van der Waals surface area contributed by atoms with Crippen molar-refractivity contribution in [2.24, 2.45) is 0 Å². The third-order valence-electron chi connectivity index (χ3n) is 2.22. The van der Waals surface area contributed by atoms with Crippen LogP contribution in [0.15, 0.2) is 35.2 Å². The van der Waals surface area contributed by atoms with Crippen LogP contribution < -0.4 is 4.72 Å². The van der Waals surface area contributed by atoms with Gasteiger partial charge in [0.2, 0.25) is 5.91 Å². The standard InChI is InChI=1S/C11H9ClN2O3S/c1-7(15)14-18(16,17)9-3-4-10-8(6-9)2-5-11(12)13-10/h2-6H,1H3,(H,14,15). The lowest BCUT2D eigenvalue weighted by atomic mass is 10.2. The highest BCUT2D eigenvalue weighted by Crippen LogP contribution is 2.19. The molecule has 0 atom stereocenters. The molecule has 1 aromatic carbocycles. The summed E-state index contributed by atoms with van der Waals surface area (Å²) in [7, 11) is -3.82. The number of halogens is 1. The van der Waals surface area contributed by atoms with Crippen molar-refractivity contribution < 1.29 is 13.2 Å². The number of hydrogen-bond acceptors (Lipinski definition) is 4. The Labute approximate surface area is 109 Å². The minimum atomic E-state index is -3.82. The molecule has 1 N–H and O–H groups in total. The molecule has 1 amide bonds. The predicted molar refractivity (Wildman–Crippen MR) is 67.8 cm³/mol. The first-order valence-corrected chi connectivity index (χ1v) is 6.84. The second kappa shape index (κ2) is 4.55. The predicted octanol–water partition coefficient (Wildman–Crippen LogP) is 1.71. The zero-order valence-electron chi connectivity index (χ0n) is 9.34. The Morgan fingerprint density at radius 2 is 2.00 bits per heavy atom. The van der Waals surface area contributed by atoms with Crippen LogP contribution in [0.5, 0.6) is 0 Å². The molecule has 0 saturated heterocycles. The molecule has 5 nitrogen and oxygen atoms in total. The minimum Gasteiger partial charge on any atom is -0.274 e. The van der Waals surface area contributed by atoms with E-state index in [9.17, 15) is 13.2 Å². The second-order valence-electron chi connectivity index (χ2n) is 3.65. The van der Waals surface area contributed by atoms with Crippen LogP contribution in [-0.4, -0.2) is 19.3 Å². The lowest BCUT2D eigenvalue weighted by Crippen LogP contribution is -2.28. The fourth-order valence-electron chi connectivity index (χ4n) is 1.49. The maximum atomic E-state index is 11.8. The Morgan fingerprint density at radius 1 is 1.28 bits per heavy atom. The second-order valence-corrected chi connectivity index (χ2v) is 5.72. The quantitative estimate of drug-likeness (QED) is 0.852. The van der Waals surface area contributed by atoms with Crippen molar-refractivity contribution in [2.75, 3.05) is 0 Å². The van der Waals surface area contributed by atoms with Gasteiger partial charge in [0.15, 0.2) is 0 Å². The zero-order chi connectivity index (χ0) is 13.3. The van der Waals surface area contributed by atoms with Gasteiger partial charge in [0, 0.05) is 12.3 Å². The lowest BCUT2D eigenvalue weighted by molar-refractivity contribution is -0.117. The van der Waals surface area contributed by atoms with Gasteiger partial charge in [0.05, 0.1) is 10.4 Å². The van der Waals surface area contributed by atoms with Gasteiger partial charge in [-0.1, -0.05) is 11.6 Å². The molecule has 7 heteroatoms. The summed E-state index contributed by atoms with van der Waals surface area (Å²) in [5.74, 6) is -0.635. The Bertz CT molecular complexity index is 728. The molecule has 2 aromatic rings. The first-order valence-electron chi connectivity index (χ1n) is 4.98. The topological polar surface area (TPSA) is 76.1 Å². The van der Waals surface area contributed by atoms with E-state index < -0.39 is 15.9 Å². The number of amides is 1. The number of sulfonamides is 1. The summed E-state index contributed by atoms with van der Waals surface area (Å²) in [6, 6.07) is 7.58. The van der Waals surface area contributed by atoms with Crippen molar-refractivity contribution in [3.05, 3.63) is 35.5 Å². The van der Waals surface area contributed by atoms with Gasteiger partial charge in [-0.05, 0) is 30.3 Å². The molecule has 0 aliphatic carbocycles. The van der Waals surface area contributed by atoms with Gasteiger partial charge in [0.1, 0.15) is 5.15 Å². The van der Waals surface area contributed by atoms with E-state index in [2.05, 4.69) is 4.98 Å². The first kappa shape index (κ1) is 12.8. The number of benzene rings is 1. The van der Waals surface area contributed by atoms with E-state index in [1.54, 1.807) is 12.1 Å². The number of pyridine rings is 1. The first-order chi connectivity index (χ1) is 8.38. The largest absolute Gasteiger partial charge is 0.274 e. The molecule has 0 fully saturated rings. The summed E-state index contributed by atoms with van der Waals surface area (Å²) in [4.78, 5) is 14.9. The number of aromatic nitrogens is 1. The van der Waals surface area contributed by atoms with E-state index >= 15 is 0 Å². The Balaban J connectivity index is 2.54. The van der Waals surface area contributed by atoms with Crippen molar-refractivity contribution >= 4 is 38.4 Å². The summed E-state index contributed by atoms with van der Waals surface area (Å²) in [6.45, 7) is 1.14. The SMILES string of the molecule is CC(=O)NS(=O)(=O)c1ccc2nc(Cl)ccc2c1. The number of nitrogens with one attached hydrogen (secondary N) is 1. The van der Waals surface area contributed by atoms with E-state index in [-0.39, 0.29) is 4.90 Å². The van der Waals surface area contributed by atoms with Gasteiger partial charge in [-0.2, -0.15) is 0 Å². The molecule has 0 saturated carbocycles. The van der Waals surface area contributed by atoms with Gasteiger partial charge in [-0.3, -0.25) is 4.79 Å². The van der Waals surface area contributed by atoms with Crippen molar-refractivity contribution in [1.29, 1.82) is 0 Å². The van der Waals surface area contributed by atoms with E-state index in [4.69, 9.17) is 11.6 Å². The minimum absolute atomic E-state index is 0.00863. The molecule has 0 aliphatic heterocycles. The summed E-state index contributed by atoms with van der Waals surface area (Å²) in [6.07, 6.45) is 0. The molecule has 1 aromatic heterocycles. The normalized spacial score (nSPS) is 11.4. The Kier molecular flexibility index (Phi) is 3.23. The average Bonchev–Trinajstić information content (AvgIpc) is 2.26. The fraction of sp³-hybridized carbons (Fsp3) is 0.0909. The van der Waals surface area contributed by atoms with Crippen LogP contribution >= 0.6 is 11.6 Å². The number of carbonyl (C=O) groups is 1. The average molecular weight is 285 g/mol. The summed E-state index contributed by atoms with van der Waals surface area (Å²) in [5.41, 5.74) is 0.587. The smallest absolute Gasteiger partial charge is 0.264 e. The van der Waals surface area contributed by atoms with Crippen molar-refractivity contribution in [3.8, 4) is 0 Å².